The SMILES string of the molecule is CCc1cncc(C2=C/C(=N/O)CCC2)c1. The lowest BCUT2D eigenvalue weighted by Gasteiger charge is -2.13. The normalized spacial score (nSPS) is 18.6. The van der Waals surface area contributed by atoms with Gasteiger partial charge in [-0.15, -0.1) is 0 Å². The van der Waals surface area contributed by atoms with Gasteiger partial charge in [0.2, 0.25) is 0 Å². The van der Waals surface area contributed by atoms with Crippen LogP contribution in [-0.4, -0.2) is 15.9 Å². The third-order valence-electron chi connectivity index (χ3n) is 2.92. The second-order valence-corrected chi connectivity index (χ2v) is 4.05. The van der Waals surface area contributed by atoms with Gasteiger partial charge in [-0.2, -0.15) is 0 Å². The smallest absolute Gasteiger partial charge is 0.0798 e. The lowest BCUT2D eigenvalue weighted by molar-refractivity contribution is 0.318. The van der Waals surface area contributed by atoms with E-state index in [-0.39, 0.29) is 0 Å². The number of hydrogen-bond donors (Lipinski definition) is 1. The molecule has 0 saturated heterocycles. The van der Waals surface area contributed by atoms with Crippen LogP contribution in [0.5, 0.6) is 0 Å². The zero-order valence-electron chi connectivity index (χ0n) is 9.48. The lowest BCUT2D eigenvalue weighted by atomic mass is 9.93. The van der Waals surface area contributed by atoms with E-state index in [1.807, 2.05) is 18.5 Å². The quantitative estimate of drug-likeness (QED) is 0.610. The van der Waals surface area contributed by atoms with Crippen LogP contribution in [0.2, 0.25) is 0 Å². The summed E-state index contributed by atoms with van der Waals surface area (Å²) in [4.78, 5) is 4.24. The molecule has 3 heteroatoms. The van der Waals surface area contributed by atoms with Gasteiger partial charge in [-0.25, -0.2) is 0 Å². The first-order valence-electron chi connectivity index (χ1n) is 5.69. The van der Waals surface area contributed by atoms with Crippen LogP contribution in [0.4, 0.5) is 0 Å². The van der Waals surface area contributed by atoms with Gasteiger partial charge in [-0.3, -0.25) is 4.98 Å². The van der Waals surface area contributed by atoms with E-state index in [0.717, 1.165) is 37.0 Å². The first-order valence-corrected chi connectivity index (χ1v) is 5.69. The van der Waals surface area contributed by atoms with Gasteiger partial charge in [0.25, 0.3) is 0 Å². The van der Waals surface area contributed by atoms with E-state index in [9.17, 15) is 0 Å². The molecule has 0 atom stereocenters. The molecule has 1 aromatic rings. The average molecular weight is 216 g/mol. The third kappa shape index (κ3) is 2.30. The van der Waals surface area contributed by atoms with Crippen molar-refractivity contribution in [2.75, 3.05) is 0 Å². The van der Waals surface area contributed by atoms with Gasteiger partial charge < -0.3 is 5.21 Å². The molecular weight excluding hydrogens is 200 g/mol. The molecule has 0 radical (unpaired) electrons. The van der Waals surface area contributed by atoms with E-state index in [0.29, 0.717) is 0 Å². The van der Waals surface area contributed by atoms with Crippen molar-refractivity contribution in [1.29, 1.82) is 0 Å². The third-order valence-corrected chi connectivity index (χ3v) is 2.92. The fourth-order valence-electron chi connectivity index (χ4n) is 1.97. The standard InChI is InChI=1S/C13H16N2O/c1-2-10-6-12(9-14-8-10)11-4-3-5-13(7-11)15-16/h6-9,16H,2-5H2,1H3/b15-13+. The zero-order chi connectivity index (χ0) is 11.4. The molecule has 1 N–H and O–H groups in total. The molecule has 0 saturated carbocycles. The highest BCUT2D eigenvalue weighted by Crippen LogP contribution is 2.25. The van der Waals surface area contributed by atoms with Crippen molar-refractivity contribution in [3.05, 3.63) is 35.7 Å². The maximum Gasteiger partial charge on any atom is 0.0798 e. The Morgan fingerprint density at radius 3 is 3.00 bits per heavy atom. The molecule has 2 rings (SSSR count). The van der Waals surface area contributed by atoms with E-state index in [4.69, 9.17) is 5.21 Å². The molecule has 1 aliphatic rings. The molecule has 0 bridgehead atoms. The molecular formula is C13H16N2O. The Bertz CT molecular complexity index is 435. The summed E-state index contributed by atoms with van der Waals surface area (Å²) in [5.74, 6) is 0. The Balaban J connectivity index is 2.32. The molecule has 0 amide bonds. The van der Waals surface area contributed by atoms with Crippen molar-refractivity contribution in [1.82, 2.24) is 4.98 Å². The molecule has 84 valence electrons. The molecule has 1 aliphatic carbocycles. The van der Waals surface area contributed by atoms with Gasteiger partial charge in [-0.1, -0.05) is 12.1 Å². The van der Waals surface area contributed by atoms with Crippen molar-refractivity contribution in [2.45, 2.75) is 32.6 Å². The Kier molecular flexibility index (Phi) is 3.34. The molecule has 1 aromatic heterocycles. The molecule has 0 fully saturated rings. The molecule has 16 heavy (non-hydrogen) atoms. The van der Waals surface area contributed by atoms with Gasteiger partial charge in [0.05, 0.1) is 5.71 Å². The van der Waals surface area contributed by atoms with E-state index < -0.39 is 0 Å². The number of hydrogen-bond acceptors (Lipinski definition) is 3. The average Bonchev–Trinajstić information content (AvgIpc) is 2.39. The van der Waals surface area contributed by atoms with E-state index in [1.165, 1.54) is 11.1 Å². The van der Waals surface area contributed by atoms with Gasteiger partial charge in [0, 0.05) is 12.4 Å². The molecule has 3 nitrogen and oxygen atoms in total. The van der Waals surface area contributed by atoms with Crippen molar-refractivity contribution in [3.63, 3.8) is 0 Å². The van der Waals surface area contributed by atoms with Crippen LogP contribution in [0, 0.1) is 0 Å². The highest BCUT2D eigenvalue weighted by Gasteiger charge is 2.11. The summed E-state index contributed by atoms with van der Waals surface area (Å²) in [6.45, 7) is 2.12. The van der Waals surface area contributed by atoms with Crippen LogP contribution >= 0.6 is 0 Å². The zero-order valence-corrected chi connectivity index (χ0v) is 9.48. The Morgan fingerprint density at radius 1 is 1.38 bits per heavy atom. The number of aromatic nitrogens is 1. The second-order valence-electron chi connectivity index (χ2n) is 4.05. The highest BCUT2D eigenvalue weighted by atomic mass is 16.4. The fourth-order valence-corrected chi connectivity index (χ4v) is 1.97. The van der Waals surface area contributed by atoms with E-state index >= 15 is 0 Å². The molecule has 1 heterocycles. The van der Waals surface area contributed by atoms with Crippen LogP contribution < -0.4 is 0 Å². The summed E-state index contributed by atoms with van der Waals surface area (Å²) in [7, 11) is 0. The summed E-state index contributed by atoms with van der Waals surface area (Å²) >= 11 is 0. The minimum atomic E-state index is 0.767. The van der Waals surface area contributed by atoms with Crippen molar-refractivity contribution in [3.8, 4) is 0 Å². The van der Waals surface area contributed by atoms with Crippen molar-refractivity contribution < 1.29 is 5.21 Å². The van der Waals surface area contributed by atoms with Crippen molar-refractivity contribution in [2.24, 2.45) is 5.16 Å². The number of aryl methyl sites for hydroxylation is 1. The monoisotopic (exact) mass is 216 g/mol. The van der Waals surface area contributed by atoms with Gasteiger partial charge in [-0.05, 0) is 54.5 Å². The van der Waals surface area contributed by atoms with Crippen LogP contribution in [0.25, 0.3) is 5.57 Å². The van der Waals surface area contributed by atoms with Crippen LogP contribution in [0.3, 0.4) is 0 Å². The fraction of sp³-hybridized carbons (Fsp3) is 0.385. The first kappa shape index (κ1) is 10.9. The second kappa shape index (κ2) is 4.92. The number of nitrogens with zero attached hydrogens (tertiary/aromatic N) is 2. The maximum absolute atomic E-state index is 8.78. The number of oxime groups is 1. The van der Waals surface area contributed by atoms with Gasteiger partial charge in [0.1, 0.15) is 0 Å². The summed E-state index contributed by atoms with van der Waals surface area (Å²) in [6, 6.07) is 2.17. The van der Waals surface area contributed by atoms with E-state index in [1.54, 1.807) is 0 Å². The Hall–Kier alpha value is -1.64. The van der Waals surface area contributed by atoms with Gasteiger partial charge in [0.15, 0.2) is 0 Å². The number of allylic oxidation sites excluding steroid dienone is 2. The lowest BCUT2D eigenvalue weighted by Crippen LogP contribution is -2.03. The minimum Gasteiger partial charge on any atom is -0.411 e. The molecule has 0 aromatic carbocycles. The summed E-state index contributed by atoms with van der Waals surface area (Å²) in [5, 5.41) is 12.1. The summed E-state index contributed by atoms with van der Waals surface area (Å²) < 4.78 is 0. The van der Waals surface area contributed by atoms with Crippen LogP contribution in [0.1, 0.15) is 37.3 Å². The highest BCUT2D eigenvalue weighted by molar-refractivity contribution is 6.01. The van der Waals surface area contributed by atoms with E-state index in [2.05, 4.69) is 23.1 Å². The predicted molar refractivity (Wildman–Crippen MR) is 64.7 cm³/mol. The van der Waals surface area contributed by atoms with Gasteiger partial charge >= 0.3 is 0 Å². The summed E-state index contributed by atoms with van der Waals surface area (Å²) in [5.41, 5.74) is 4.39. The van der Waals surface area contributed by atoms with Crippen LogP contribution in [0.15, 0.2) is 29.7 Å². The Morgan fingerprint density at radius 2 is 2.25 bits per heavy atom. The van der Waals surface area contributed by atoms with Crippen molar-refractivity contribution >= 4 is 11.3 Å². The maximum atomic E-state index is 8.78. The number of pyridine rings is 1. The first-order chi connectivity index (χ1) is 7.83. The van der Waals surface area contributed by atoms with Crippen LogP contribution in [-0.2, 0) is 6.42 Å². The largest absolute Gasteiger partial charge is 0.411 e. The molecule has 0 spiro atoms. The molecule has 0 aliphatic heterocycles. The number of rotatable bonds is 2. The minimum absolute atomic E-state index is 0.767. The molecule has 0 unspecified atom stereocenters. The predicted octanol–water partition coefficient (Wildman–Crippen LogP) is 3.04. The Labute approximate surface area is 95.5 Å². The topological polar surface area (TPSA) is 45.5 Å². The summed E-state index contributed by atoms with van der Waals surface area (Å²) in [6.07, 6.45) is 9.69.